The van der Waals surface area contributed by atoms with Crippen LogP contribution in [0.3, 0.4) is 0 Å². The first kappa shape index (κ1) is 18.9. The highest BCUT2D eigenvalue weighted by Gasteiger charge is 2.36. The third-order valence-electron chi connectivity index (χ3n) is 5.95. The Hall–Kier alpha value is -2.44. The molecule has 28 heavy (non-hydrogen) atoms. The van der Waals surface area contributed by atoms with E-state index in [1.165, 1.54) is 32.8 Å². The molecule has 0 bridgehead atoms. The number of rotatable bonds is 4. The van der Waals surface area contributed by atoms with Gasteiger partial charge in [-0.3, -0.25) is 4.79 Å². The molecule has 0 aromatic heterocycles. The number of hydrogen-bond donors (Lipinski definition) is 0. The smallest absolute Gasteiger partial charge is 0.338 e. The maximum Gasteiger partial charge on any atom is 0.338 e. The van der Waals surface area contributed by atoms with Crippen molar-refractivity contribution in [1.29, 1.82) is 0 Å². The molecule has 0 unspecified atom stereocenters. The van der Waals surface area contributed by atoms with Crippen molar-refractivity contribution in [2.24, 2.45) is 5.92 Å². The van der Waals surface area contributed by atoms with E-state index in [1.807, 2.05) is 4.90 Å². The van der Waals surface area contributed by atoms with Crippen LogP contribution in [0.4, 0.5) is 0 Å². The number of piperidine rings is 1. The van der Waals surface area contributed by atoms with Gasteiger partial charge in [0.25, 0.3) is 5.91 Å². The van der Waals surface area contributed by atoms with Crippen LogP contribution < -0.4 is 14.2 Å². The Morgan fingerprint density at radius 3 is 2.75 bits per heavy atom. The summed E-state index contributed by atoms with van der Waals surface area (Å²) in [6, 6.07) is 3.43. The van der Waals surface area contributed by atoms with Gasteiger partial charge >= 0.3 is 5.97 Å². The molecule has 1 aromatic rings. The summed E-state index contributed by atoms with van der Waals surface area (Å²) in [6.07, 6.45) is 6.91. The van der Waals surface area contributed by atoms with Crippen molar-refractivity contribution in [1.82, 2.24) is 4.90 Å². The molecule has 1 amide bonds. The molecule has 1 aliphatic carbocycles. The standard InChI is InChI=1S/C21H27NO6/c1-25-17-11-15(12-18-20(17)27-10-9-26-18)21(24)28-13-19(23)22-8-4-6-14-5-2-3-7-16(14)22/h11-12,14,16H,2-10,13H2,1H3/t14-,16-/m1/s1. The van der Waals surface area contributed by atoms with Gasteiger partial charge in [-0.1, -0.05) is 12.8 Å². The highest BCUT2D eigenvalue weighted by molar-refractivity contribution is 5.93. The molecule has 2 heterocycles. The van der Waals surface area contributed by atoms with Gasteiger partial charge in [0.05, 0.1) is 12.7 Å². The van der Waals surface area contributed by atoms with Gasteiger partial charge in [-0.15, -0.1) is 0 Å². The van der Waals surface area contributed by atoms with Gasteiger partial charge in [-0.2, -0.15) is 0 Å². The number of fused-ring (bicyclic) bond motifs is 2. The number of ether oxygens (including phenoxy) is 4. The van der Waals surface area contributed by atoms with E-state index in [9.17, 15) is 9.59 Å². The van der Waals surface area contributed by atoms with Crippen molar-refractivity contribution < 1.29 is 28.5 Å². The summed E-state index contributed by atoms with van der Waals surface area (Å²) in [7, 11) is 1.50. The first-order chi connectivity index (χ1) is 13.7. The van der Waals surface area contributed by atoms with Crippen LogP contribution in [-0.2, 0) is 9.53 Å². The lowest BCUT2D eigenvalue weighted by Gasteiger charge is -2.44. The van der Waals surface area contributed by atoms with Gasteiger partial charge in [0, 0.05) is 12.6 Å². The number of benzene rings is 1. The SMILES string of the molecule is COc1cc(C(=O)OCC(=O)N2CCC[C@H]3CCCC[C@H]32)cc2c1OCCO2. The molecule has 1 saturated carbocycles. The second-order valence-corrected chi connectivity index (χ2v) is 7.62. The highest BCUT2D eigenvalue weighted by Crippen LogP contribution is 2.40. The molecular weight excluding hydrogens is 362 g/mol. The summed E-state index contributed by atoms with van der Waals surface area (Å²) in [5.74, 6) is 1.28. The zero-order valence-electron chi connectivity index (χ0n) is 16.3. The van der Waals surface area contributed by atoms with Crippen LogP contribution in [-0.4, -0.2) is 56.3 Å². The molecule has 2 aliphatic heterocycles. The Balaban J connectivity index is 1.40. The largest absolute Gasteiger partial charge is 0.493 e. The lowest BCUT2D eigenvalue weighted by atomic mass is 9.78. The number of methoxy groups -OCH3 is 1. The second kappa shape index (κ2) is 8.29. The molecule has 152 valence electrons. The fourth-order valence-electron chi connectivity index (χ4n) is 4.62. The van der Waals surface area contributed by atoms with Crippen molar-refractivity contribution in [2.75, 3.05) is 33.5 Å². The van der Waals surface area contributed by atoms with Crippen molar-refractivity contribution in [3.8, 4) is 17.2 Å². The molecule has 7 heteroatoms. The maximum atomic E-state index is 12.7. The van der Waals surface area contributed by atoms with E-state index in [0.29, 0.717) is 42.4 Å². The average Bonchev–Trinajstić information content (AvgIpc) is 2.76. The molecule has 0 radical (unpaired) electrons. The fraction of sp³-hybridized carbons (Fsp3) is 0.619. The van der Waals surface area contributed by atoms with Gasteiger partial charge in [-0.25, -0.2) is 4.79 Å². The molecule has 4 rings (SSSR count). The van der Waals surface area contributed by atoms with Gasteiger partial charge < -0.3 is 23.8 Å². The molecule has 0 spiro atoms. The number of carbonyl (C=O) groups is 2. The molecule has 2 atom stereocenters. The molecule has 2 fully saturated rings. The summed E-state index contributed by atoms with van der Waals surface area (Å²) >= 11 is 0. The molecule has 7 nitrogen and oxygen atoms in total. The summed E-state index contributed by atoms with van der Waals surface area (Å²) in [4.78, 5) is 27.2. The highest BCUT2D eigenvalue weighted by atomic mass is 16.6. The van der Waals surface area contributed by atoms with E-state index in [4.69, 9.17) is 18.9 Å². The molecule has 1 aromatic carbocycles. The number of carbonyl (C=O) groups excluding carboxylic acids is 2. The van der Waals surface area contributed by atoms with Gasteiger partial charge in [0.1, 0.15) is 13.2 Å². The second-order valence-electron chi connectivity index (χ2n) is 7.62. The number of amides is 1. The van der Waals surface area contributed by atoms with E-state index in [2.05, 4.69) is 0 Å². The first-order valence-electron chi connectivity index (χ1n) is 10.1. The van der Waals surface area contributed by atoms with Crippen LogP contribution in [0, 0.1) is 5.92 Å². The van der Waals surface area contributed by atoms with E-state index < -0.39 is 5.97 Å². The minimum absolute atomic E-state index is 0.102. The molecule has 3 aliphatic rings. The first-order valence-corrected chi connectivity index (χ1v) is 10.1. The summed E-state index contributed by atoms with van der Waals surface area (Å²) in [6.45, 7) is 1.36. The Morgan fingerprint density at radius 2 is 1.89 bits per heavy atom. The normalized spacial score (nSPS) is 23.5. The maximum absolute atomic E-state index is 12.7. The quantitative estimate of drug-likeness (QED) is 0.738. The van der Waals surface area contributed by atoms with Crippen LogP contribution in [0.25, 0.3) is 0 Å². The zero-order chi connectivity index (χ0) is 19.5. The summed E-state index contributed by atoms with van der Waals surface area (Å²) in [5.41, 5.74) is 0.281. The van der Waals surface area contributed by atoms with Crippen LogP contribution in [0.15, 0.2) is 12.1 Å². The van der Waals surface area contributed by atoms with Crippen LogP contribution in [0.1, 0.15) is 48.9 Å². The lowest BCUT2D eigenvalue weighted by Crippen LogP contribution is -2.50. The van der Waals surface area contributed by atoms with Crippen molar-refractivity contribution in [3.63, 3.8) is 0 Å². The Labute approximate surface area is 164 Å². The lowest BCUT2D eigenvalue weighted by molar-refractivity contribution is -0.140. The number of hydrogen-bond acceptors (Lipinski definition) is 6. The predicted octanol–water partition coefficient (Wildman–Crippen LogP) is 2.80. The number of likely N-dealkylation sites (tertiary alicyclic amines) is 1. The number of nitrogens with zero attached hydrogens (tertiary/aromatic N) is 1. The van der Waals surface area contributed by atoms with Crippen molar-refractivity contribution in [2.45, 2.75) is 44.6 Å². The van der Waals surface area contributed by atoms with E-state index >= 15 is 0 Å². The minimum atomic E-state index is -0.569. The van der Waals surface area contributed by atoms with Crippen LogP contribution in [0.2, 0.25) is 0 Å². The monoisotopic (exact) mass is 389 g/mol. The van der Waals surface area contributed by atoms with Gasteiger partial charge in [0.2, 0.25) is 5.75 Å². The van der Waals surface area contributed by atoms with Crippen LogP contribution in [0.5, 0.6) is 17.2 Å². The van der Waals surface area contributed by atoms with Crippen molar-refractivity contribution in [3.05, 3.63) is 17.7 Å². The Kier molecular flexibility index (Phi) is 5.59. The van der Waals surface area contributed by atoms with E-state index in [0.717, 1.165) is 19.4 Å². The van der Waals surface area contributed by atoms with E-state index in [-0.39, 0.29) is 18.1 Å². The average molecular weight is 389 g/mol. The fourth-order valence-corrected chi connectivity index (χ4v) is 4.62. The predicted molar refractivity (Wildman–Crippen MR) is 101 cm³/mol. The molecule has 0 N–H and O–H groups in total. The minimum Gasteiger partial charge on any atom is -0.493 e. The van der Waals surface area contributed by atoms with Crippen molar-refractivity contribution >= 4 is 11.9 Å². The Morgan fingerprint density at radius 1 is 1.11 bits per heavy atom. The molecule has 1 saturated heterocycles. The molecular formula is C21H27NO6. The van der Waals surface area contributed by atoms with Crippen LogP contribution >= 0.6 is 0 Å². The summed E-state index contributed by atoms with van der Waals surface area (Å²) < 4.78 is 21.7. The van der Waals surface area contributed by atoms with Gasteiger partial charge in [-0.05, 0) is 43.7 Å². The number of esters is 1. The summed E-state index contributed by atoms with van der Waals surface area (Å²) in [5, 5.41) is 0. The third-order valence-corrected chi connectivity index (χ3v) is 5.95. The van der Waals surface area contributed by atoms with E-state index in [1.54, 1.807) is 12.1 Å². The van der Waals surface area contributed by atoms with Gasteiger partial charge in [0.15, 0.2) is 18.1 Å². The third kappa shape index (κ3) is 3.75. The zero-order valence-corrected chi connectivity index (χ0v) is 16.3. The topological polar surface area (TPSA) is 74.3 Å². The Bertz CT molecular complexity index is 729.